The van der Waals surface area contributed by atoms with E-state index in [2.05, 4.69) is 157 Å². The number of benzene rings is 8. The molecule has 10 rings (SSSR count). The Kier molecular flexibility index (Phi) is 7.43. The summed E-state index contributed by atoms with van der Waals surface area (Å²) in [7, 11) is 0. The highest BCUT2D eigenvalue weighted by atomic mass is 16.3. The van der Waals surface area contributed by atoms with Crippen LogP contribution in [0.2, 0.25) is 0 Å². The van der Waals surface area contributed by atoms with E-state index < -0.39 is 0 Å². The van der Waals surface area contributed by atoms with Crippen molar-refractivity contribution in [1.82, 2.24) is 4.98 Å². The Labute approximate surface area is 306 Å². The van der Waals surface area contributed by atoms with Crippen LogP contribution in [0.1, 0.15) is 0 Å². The smallest absolute Gasteiger partial charge is 0.227 e. The molecule has 0 saturated heterocycles. The molecule has 4 nitrogen and oxygen atoms in total. The molecule has 4 heteroatoms. The zero-order valence-electron chi connectivity index (χ0n) is 28.7. The van der Waals surface area contributed by atoms with Gasteiger partial charge in [0, 0.05) is 39.0 Å². The summed E-state index contributed by atoms with van der Waals surface area (Å²) in [6.07, 6.45) is 0. The highest BCUT2D eigenvalue weighted by Gasteiger charge is 2.17. The average molecular weight is 681 g/mol. The number of para-hydroxylation sites is 2. The van der Waals surface area contributed by atoms with Gasteiger partial charge in [0.1, 0.15) is 16.7 Å². The predicted molar refractivity (Wildman–Crippen MR) is 218 cm³/mol. The number of nitrogens with zero attached hydrogens (tertiary/aromatic N) is 2. The molecule has 0 aliphatic rings. The molecule has 0 unspecified atom stereocenters. The molecule has 0 bridgehead atoms. The zero-order valence-corrected chi connectivity index (χ0v) is 28.7. The Morgan fingerprint density at radius 3 is 1.64 bits per heavy atom. The van der Waals surface area contributed by atoms with Crippen LogP contribution in [0.4, 0.5) is 17.1 Å². The van der Waals surface area contributed by atoms with Crippen LogP contribution >= 0.6 is 0 Å². The van der Waals surface area contributed by atoms with E-state index in [4.69, 9.17) is 13.8 Å². The third-order valence-electron chi connectivity index (χ3n) is 9.92. The lowest BCUT2D eigenvalue weighted by Gasteiger charge is -2.26. The Balaban J connectivity index is 0.985. The number of furan rings is 1. The largest absolute Gasteiger partial charge is 0.455 e. The van der Waals surface area contributed by atoms with Gasteiger partial charge in [-0.3, -0.25) is 0 Å². The van der Waals surface area contributed by atoms with Crippen molar-refractivity contribution < 1.29 is 8.83 Å². The van der Waals surface area contributed by atoms with E-state index in [9.17, 15) is 0 Å². The standard InChI is InChI=1S/C49H32N2O2/c1-4-11-33(12-5-1)34-19-25-40(26-20-34)51(39-15-8-3-9-16-39)41-27-21-35(22-28-41)42-17-10-18-44-43-29-23-38(32-47(43)52-48(42)44)37-24-30-46-45(31-37)50-49(53-46)36-13-6-2-7-14-36/h1-32H. The molecule has 2 heterocycles. The van der Waals surface area contributed by atoms with E-state index in [1.807, 2.05) is 42.5 Å². The van der Waals surface area contributed by atoms with Gasteiger partial charge in [0.15, 0.2) is 5.58 Å². The van der Waals surface area contributed by atoms with Gasteiger partial charge >= 0.3 is 0 Å². The Morgan fingerprint density at radius 1 is 0.358 bits per heavy atom. The Hall–Kier alpha value is -7.17. The minimum absolute atomic E-state index is 0.622. The van der Waals surface area contributed by atoms with Gasteiger partial charge in [-0.1, -0.05) is 121 Å². The summed E-state index contributed by atoms with van der Waals surface area (Å²) in [5, 5.41) is 2.18. The second kappa shape index (κ2) is 12.9. The lowest BCUT2D eigenvalue weighted by atomic mass is 10.0. The van der Waals surface area contributed by atoms with Gasteiger partial charge in [-0.15, -0.1) is 0 Å². The summed E-state index contributed by atoms with van der Waals surface area (Å²) in [5.41, 5.74) is 14.2. The van der Waals surface area contributed by atoms with Crippen LogP contribution in [0, 0.1) is 0 Å². The summed E-state index contributed by atoms with van der Waals surface area (Å²) in [5.74, 6) is 0.622. The third kappa shape index (κ3) is 5.63. The summed E-state index contributed by atoms with van der Waals surface area (Å²) >= 11 is 0. The lowest BCUT2D eigenvalue weighted by molar-refractivity contribution is 0.620. The second-order valence-corrected chi connectivity index (χ2v) is 13.2. The van der Waals surface area contributed by atoms with Crippen LogP contribution in [0.5, 0.6) is 0 Å². The maximum absolute atomic E-state index is 6.67. The fraction of sp³-hybridized carbons (Fsp3) is 0. The molecule has 0 atom stereocenters. The first-order valence-electron chi connectivity index (χ1n) is 17.8. The van der Waals surface area contributed by atoms with Gasteiger partial charge in [0.25, 0.3) is 0 Å². The van der Waals surface area contributed by atoms with Crippen LogP contribution in [0.3, 0.4) is 0 Å². The molecule has 0 N–H and O–H groups in total. The number of oxazole rings is 1. The summed E-state index contributed by atoms with van der Waals surface area (Å²) in [6.45, 7) is 0. The van der Waals surface area contributed by atoms with Gasteiger partial charge in [0.05, 0.1) is 0 Å². The summed E-state index contributed by atoms with van der Waals surface area (Å²) in [4.78, 5) is 7.08. The molecule has 0 aliphatic carbocycles. The molecule has 0 amide bonds. The zero-order chi connectivity index (χ0) is 35.1. The Morgan fingerprint density at radius 2 is 0.925 bits per heavy atom. The molecule has 53 heavy (non-hydrogen) atoms. The first kappa shape index (κ1) is 30.6. The number of hydrogen-bond acceptors (Lipinski definition) is 4. The minimum atomic E-state index is 0.622. The maximum atomic E-state index is 6.67. The predicted octanol–water partition coefficient (Wildman–Crippen LogP) is 13.9. The van der Waals surface area contributed by atoms with Gasteiger partial charge in [-0.25, -0.2) is 4.98 Å². The molecule has 0 saturated carbocycles. The number of fused-ring (bicyclic) bond motifs is 4. The third-order valence-corrected chi connectivity index (χ3v) is 9.92. The van der Waals surface area contributed by atoms with E-state index in [0.29, 0.717) is 5.89 Å². The molecule has 2 aromatic heterocycles. The normalized spacial score (nSPS) is 11.4. The van der Waals surface area contributed by atoms with Crippen molar-refractivity contribution in [1.29, 1.82) is 0 Å². The van der Waals surface area contributed by atoms with E-state index in [1.54, 1.807) is 0 Å². The number of aromatic nitrogens is 1. The SMILES string of the molecule is c1ccc(-c2ccc(N(c3ccccc3)c3ccc(-c4cccc5c4oc4cc(-c6ccc7oc(-c8ccccc8)nc7c6)ccc45)cc3)cc2)cc1. The molecule has 8 aromatic carbocycles. The first-order chi connectivity index (χ1) is 26.2. The molecular weight excluding hydrogens is 649 g/mol. The fourth-order valence-electron chi connectivity index (χ4n) is 7.26. The minimum Gasteiger partial charge on any atom is -0.455 e. The van der Waals surface area contributed by atoms with Gasteiger partial charge in [-0.2, -0.15) is 0 Å². The fourth-order valence-corrected chi connectivity index (χ4v) is 7.26. The van der Waals surface area contributed by atoms with Crippen LogP contribution in [0.15, 0.2) is 203 Å². The second-order valence-electron chi connectivity index (χ2n) is 13.2. The molecule has 250 valence electrons. The van der Waals surface area contributed by atoms with Crippen molar-refractivity contribution in [2.24, 2.45) is 0 Å². The molecule has 0 fully saturated rings. The lowest BCUT2D eigenvalue weighted by Crippen LogP contribution is -2.09. The summed E-state index contributed by atoms with van der Waals surface area (Å²) in [6, 6.07) is 67.5. The van der Waals surface area contributed by atoms with Gasteiger partial charge in [-0.05, 0) is 101 Å². The van der Waals surface area contributed by atoms with Crippen molar-refractivity contribution in [3.63, 3.8) is 0 Å². The molecule has 10 aromatic rings. The highest BCUT2D eigenvalue weighted by Crippen LogP contribution is 2.40. The van der Waals surface area contributed by atoms with Crippen molar-refractivity contribution in [3.05, 3.63) is 194 Å². The van der Waals surface area contributed by atoms with E-state index in [1.165, 1.54) is 11.1 Å². The van der Waals surface area contributed by atoms with Gasteiger partial charge < -0.3 is 13.7 Å². The van der Waals surface area contributed by atoms with Crippen LogP contribution in [0.25, 0.3) is 77.9 Å². The molecular formula is C49H32N2O2. The molecule has 0 radical (unpaired) electrons. The molecule has 0 spiro atoms. The van der Waals surface area contributed by atoms with E-state index >= 15 is 0 Å². The quantitative estimate of drug-likeness (QED) is 0.168. The Bertz CT molecular complexity index is 2860. The summed E-state index contributed by atoms with van der Waals surface area (Å²) < 4.78 is 12.7. The maximum Gasteiger partial charge on any atom is 0.227 e. The molecule has 0 aliphatic heterocycles. The number of hydrogen-bond donors (Lipinski definition) is 0. The number of rotatable bonds is 7. The van der Waals surface area contributed by atoms with Crippen molar-refractivity contribution in [2.75, 3.05) is 4.90 Å². The van der Waals surface area contributed by atoms with E-state index in [-0.39, 0.29) is 0 Å². The topological polar surface area (TPSA) is 42.4 Å². The van der Waals surface area contributed by atoms with Crippen molar-refractivity contribution in [2.45, 2.75) is 0 Å². The van der Waals surface area contributed by atoms with Crippen LogP contribution in [-0.4, -0.2) is 4.98 Å². The highest BCUT2D eigenvalue weighted by molar-refractivity contribution is 6.10. The van der Waals surface area contributed by atoms with E-state index in [0.717, 1.165) is 77.9 Å². The van der Waals surface area contributed by atoms with Crippen molar-refractivity contribution in [3.8, 4) is 44.8 Å². The van der Waals surface area contributed by atoms with Crippen molar-refractivity contribution >= 4 is 50.1 Å². The first-order valence-corrected chi connectivity index (χ1v) is 17.8. The van der Waals surface area contributed by atoms with Crippen LogP contribution in [-0.2, 0) is 0 Å². The van der Waals surface area contributed by atoms with Gasteiger partial charge in [0.2, 0.25) is 5.89 Å². The average Bonchev–Trinajstić information content (AvgIpc) is 3.84. The monoisotopic (exact) mass is 680 g/mol. The van der Waals surface area contributed by atoms with Crippen LogP contribution < -0.4 is 4.90 Å². The number of anilines is 3.